The Labute approximate surface area is 204 Å². The first-order valence-electron chi connectivity index (χ1n) is 11.2. The largest absolute Gasteiger partial charge is 0.504 e. The molecule has 2 aromatic carbocycles. The molecule has 180 valence electrons. The van der Waals surface area contributed by atoms with Crippen molar-refractivity contribution in [3.05, 3.63) is 53.1 Å². The molecule has 0 bridgehead atoms. The Balaban J connectivity index is 0.00000256. The molecule has 0 amide bonds. The average molecular weight is 485 g/mol. The number of benzene rings is 2. The number of fused-ring (bicyclic) bond motifs is 1. The van der Waals surface area contributed by atoms with Crippen LogP contribution in [-0.4, -0.2) is 36.5 Å². The number of phenols is 2. The molecule has 0 heterocycles. The molecule has 2 aromatic rings. The highest BCUT2D eigenvalue weighted by molar-refractivity contribution is 5.85. The number of nitrogens with one attached hydrogen (secondary N) is 1. The molecule has 0 saturated heterocycles. The summed E-state index contributed by atoms with van der Waals surface area (Å²) in [4.78, 5) is 0. The van der Waals surface area contributed by atoms with Gasteiger partial charge in [-0.1, -0.05) is 43.5 Å². The number of unbranched alkanes of at least 4 members (excludes halogenated alkanes) is 3. The third kappa shape index (κ3) is 7.45. The molecule has 1 aliphatic rings. The van der Waals surface area contributed by atoms with E-state index in [2.05, 4.69) is 17.4 Å². The van der Waals surface area contributed by atoms with Gasteiger partial charge in [0.25, 0.3) is 0 Å². The molecule has 32 heavy (non-hydrogen) atoms. The maximum Gasteiger partial charge on any atom is 0.160 e. The van der Waals surface area contributed by atoms with Crippen LogP contribution in [0.2, 0.25) is 0 Å². The fourth-order valence-electron chi connectivity index (χ4n) is 4.59. The Morgan fingerprint density at radius 2 is 1.75 bits per heavy atom. The van der Waals surface area contributed by atoms with Gasteiger partial charge in [0.2, 0.25) is 0 Å². The van der Waals surface area contributed by atoms with Gasteiger partial charge in [-0.3, -0.25) is 0 Å². The van der Waals surface area contributed by atoms with Crippen molar-refractivity contribution in [3.63, 3.8) is 0 Å². The van der Waals surface area contributed by atoms with E-state index in [0.29, 0.717) is 0 Å². The highest BCUT2D eigenvalue weighted by atomic mass is 35.5. The van der Waals surface area contributed by atoms with E-state index in [4.69, 9.17) is 10.5 Å². The zero-order valence-corrected chi connectivity index (χ0v) is 20.5. The lowest BCUT2D eigenvalue weighted by molar-refractivity contribution is 0.380. The predicted molar refractivity (Wildman–Crippen MR) is 136 cm³/mol. The van der Waals surface area contributed by atoms with Crippen LogP contribution in [-0.2, 0) is 12.8 Å². The molecule has 7 heteroatoms. The van der Waals surface area contributed by atoms with Gasteiger partial charge in [0.1, 0.15) is 5.75 Å². The molecule has 0 radical (unpaired) electrons. The minimum absolute atomic E-state index is 0. The molecule has 3 rings (SSSR count). The van der Waals surface area contributed by atoms with Crippen LogP contribution in [0, 0.1) is 0 Å². The second kappa shape index (κ2) is 14.5. The Bertz CT molecular complexity index is 820. The van der Waals surface area contributed by atoms with Gasteiger partial charge in [0.15, 0.2) is 11.5 Å². The van der Waals surface area contributed by atoms with Crippen molar-refractivity contribution < 1.29 is 14.9 Å². The van der Waals surface area contributed by atoms with Gasteiger partial charge in [0, 0.05) is 11.6 Å². The van der Waals surface area contributed by atoms with E-state index < -0.39 is 0 Å². The summed E-state index contributed by atoms with van der Waals surface area (Å²) in [6, 6.07) is 11.9. The van der Waals surface area contributed by atoms with Crippen LogP contribution >= 0.6 is 24.8 Å². The van der Waals surface area contributed by atoms with Crippen LogP contribution in [0.1, 0.15) is 61.1 Å². The van der Waals surface area contributed by atoms with E-state index in [0.717, 1.165) is 62.1 Å². The van der Waals surface area contributed by atoms with Gasteiger partial charge in [-0.25, -0.2) is 0 Å². The third-order valence-electron chi connectivity index (χ3n) is 6.32. The van der Waals surface area contributed by atoms with Gasteiger partial charge in [-0.15, -0.1) is 24.8 Å². The summed E-state index contributed by atoms with van der Waals surface area (Å²) in [6.45, 7) is 2.00. The van der Waals surface area contributed by atoms with Crippen LogP contribution in [0.4, 0.5) is 0 Å². The van der Waals surface area contributed by atoms with E-state index in [-0.39, 0.29) is 48.3 Å². The highest BCUT2D eigenvalue weighted by Gasteiger charge is 2.29. The monoisotopic (exact) mass is 484 g/mol. The zero-order valence-electron chi connectivity index (χ0n) is 18.9. The number of phenolic OH excluding ortho intramolecular Hbond substituents is 2. The lowest BCUT2D eigenvalue weighted by Gasteiger charge is -2.32. The van der Waals surface area contributed by atoms with Gasteiger partial charge in [0.05, 0.1) is 7.11 Å². The SMILES string of the molecule is COc1ccccc1CCNCCCCCCC1c2ccc(O)c(O)c2CCC1N.Cl.Cl. The molecule has 1 aliphatic carbocycles. The Kier molecular flexibility index (Phi) is 12.8. The third-order valence-corrected chi connectivity index (χ3v) is 6.32. The van der Waals surface area contributed by atoms with Gasteiger partial charge >= 0.3 is 0 Å². The van der Waals surface area contributed by atoms with Crippen molar-refractivity contribution in [2.24, 2.45) is 5.73 Å². The highest BCUT2D eigenvalue weighted by Crippen LogP contribution is 2.42. The first kappa shape index (κ1) is 28.4. The molecule has 5 N–H and O–H groups in total. The average Bonchev–Trinajstić information content (AvgIpc) is 2.76. The molecule has 0 spiro atoms. The fourth-order valence-corrected chi connectivity index (χ4v) is 4.59. The van der Waals surface area contributed by atoms with Crippen molar-refractivity contribution in [2.45, 2.75) is 63.3 Å². The number of para-hydroxylation sites is 1. The Morgan fingerprint density at radius 3 is 2.53 bits per heavy atom. The second-order valence-electron chi connectivity index (χ2n) is 8.32. The number of halogens is 2. The van der Waals surface area contributed by atoms with Crippen LogP contribution in [0.3, 0.4) is 0 Å². The zero-order chi connectivity index (χ0) is 21.3. The molecule has 2 unspecified atom stereocenters. The first-order valence-corrected chi connectivity index (χ1v) is 11.2. The summed E-state index contributed by atoms with van der Waals surface area (Å²) in [5.41, 5.74) is 9.65. The van der Waals surface area contributed by atoms with Crippen LogP contribution in [0.5, 0.6) is 17.2 Å². The number of rotatable bonds is 11. The smallest absolute Gasteiger partial charge is 0.160 e. The maximum absolute atomic E-state index is 10.2. The summed E-state index contributed by atoms with van der Waals surface area (Å²) in [6.07, 6.45) is 8.34. The van der Waals surface area contributed by atoms with E-state index in [1.807, 2.05) is 18.2 Å². The normalized spacial score (nSPS) is 17.1. The molecule has 0 aromatic heterocycles. The predicted octanol–water partition coefficient (Wildman–Crippen LogP) is 5.09. The standard InChI is InChI=1S/C25H36N2O3.2ClH/c1-30-24-10-6-5-8-18(24)15-17-27-16-7-3-2-4-9-20-19-12-14-23(28)25(29)21(19)11-13-22(20)26;;/h5-6,8,10,12,14,20,22,27-29H,2-4,7,9,11,13,15-17,26H2,1H3;2*1H. The topological polar surface area (TPSA) is 87.7 Å². The summed E-state index contributed by atoms with van der Waals surface area (Å²) < 4.78 is 5.40. The number of hydrogen-bond donors (Lipinski definition) is 4. The quantitative estimate of drug-likeness (QED) is 0.263. The fraction of sp³-hybridized carbons (Fsp3) is 0.520. The lowest BCUT2D eigenvalue weighted by Crippen LogP contribution is -2.33. The number of ether oxygens (including phenoxy) is 1. The van der Waals surface area contributed by atoms with Crippen molar-refractivity contribution in [1.82, 2.24) is 5.32 Å². The molecular weight excluding hydrogens is 447 g/mol. The lowest BCUT2D eigenvalue weighted by atomic mass is 9.76. The molecule has 0 fully saturated rings. The number of methoxy groups -OCH3 is 1. The van der Waals surface area contributed by atoms with Crippen molar-refractivity contribution in [3.8, 4) is 17.2 Å². The van der Waals surface area contributed by atoms with Crippen molar-refractivity contribution in [2.75, 3.05) is 20.2 Å². The summed E-state index contributed by atoms with van der Waals surface area (Å²) in [5.74, 6) is 1.26. The van der Waals surface area contributed by atoms with E-state index in [1.54, 1.807) is 13.2 Å². The van der Waals surface area contributed by atoms with Gasteiger partial charge in [-0.2, -0.15) is 0 Å². The van der Waals surface area contributed by atoms with Crippen LogP contribution in [0.15, 0.2) is 36.4 Å². The van der Waals surface area contributed by atoms with E-state index >= 15 is 0 Å². The van der Waals surface area contributed by atoms with Crippen molar-refractivity contribution in [1.29, 1.82) is 0 Å². The maximum atomic E-state index is 10.2. The summed E-state index contributed by atoms with van der Waals surface area (Å²) in [5, 5.41) is 23.4. The van der Waals surface area contributed by atoms with E-state index in [1.165, 1.54) is 24.8 Å². The number of hydrogen-bond acceptors (Lipinski definition) is 5. The summed E-state index contributed by atoms with van der Waals surface area (Å²) in [7, 11) is 1.72. The molecule has 5 nitrogen and oxygen atoms in total. The van der Waals surface area contributed by atoms with Crippen LogP contribution in [0.25, 0.3) is 0 Å². The first-order chi connectivity index (χ1) is 14.6. The number of aromatic hydroxyl groups is 2. The van der Waals surface area contributed by atoms with Crippen molar-refractivity contribution >= 4 is 24.8 Å². The molecule has 0 saturated carbocycles. The number of nitrogens with two attached hydrogens (primary N) is 1. The van der Waals surface area contributed by atoms with Gasteiger partial charge < -0.3 is 26.0 Å². The Hall–Kier alpha value is -1.66. The Morgan fingerprint density at radius 1 is 1.00 bits per heavy atom. The molecule has 0 aliphatic heterocycles. The summed E-state index contributed by atoms with van der Waals surface area (Å²) >= 11 is 0. The minimum Gasteiger partial charge on any atom is -0.504 e. The van der Waals surface area contributed by atoms with Crippen LogP contribution < -0.4 is 15.8 Å². The second-order valence-corrected chi connectivity index (χ2v) is 8.32. The van der Waals surface area contributed by atoms with E-state index in [9.17, 15) is 10.2 Å². The van der Waals surface area contributed by atoms with Gasteiger partial charge in [-0.05, 0) is 74.4 Å². The molecule has 2 atom stereocenters. The molecular formula is C25H38Cl2N2O3. The minimum atomic E-state index is -0.0267.